The van der Waals surface area contributed by atoms with Gasteiger partial charge < -0.3 is 10.1 Å². The van der Waals surface area contributed by atoms with Crippen molar-refractivity contribution in [2.45, 2.75) is 31.3 Å². The van der Waals surface area contributed by atoms with Gasteiger partial charge in [0.2, 0.25) is 5.91 Å². The van der Waals surface area contributed by atoms with Gasteiger partial charge in [-0.2, -0.15) is 0 Å². The maximum atomic E-state index is 14.7. The molecule has 5 nitrogen and oxygen atoms in total. The van der Waals surface area contributed by atoms with E-state index in [2.05, 4.69) is 10.3 Å². The predicted molar refractivity (Wildman–Crippen MR) is 123 cm³/mol. The quantitative estimate of drug-likeness (QED) is 0.421. The van der Waals surface area contributed by atoms with Crippen LogP contribution in [0, 0.1) is 12.7 Å². The molecule has 2 heterocycles. The van der Waals surface area contributed by atoms with Gasteiger partial charge in [0, 0.05) is 40.4 Å². The molecule has 32 heavy (non-hydrogen) atoms. The van der Waals surface area contributed by atoms with Gasteiger partial charge in [-0.3, -0.25) is 14.6 Å². The monoisotopic (exact) mass is 450 g/mol. The summed E-state index contributed by atoms with van der Waals surface area (Å²) >= 11 is 1.44. The second kappa shape index (κ2) is 9.53. The van der Waals surface area contributed by atoms with Crippen LogP contribution >= 0.6 is 11.8 Å². The van der Waals surface area contributed by atoms with Gasteiger partial charge in [0.25, 0.3) is 0 Å². The largest absolute Gasteiger partial charge is 0.487 e. The first-order valence-electron chi connectivity index (χ1n) is 10.3. The summed E-state index contributed by atoms with van der Waals surface area (Å²) in [6.07, 6.45) is 3.77. The van der Waals surface area contributed by atoms with Gasteiger partial charge in [0.15, 0.2) is 5.78 Å². The fourth-order valence-corrected chi connectivity index (χ4v) is 4.43. The van der Waals surface area contributed by atoms with Crippen molar-refractivity contribution in [1.29, 1.82) is 0 Å². The van der Waals surface area contributed by atoms with E-state index in [1.54, 1.807) is 18.5 Å². The van der Waals surface area contributed by atoms with E-state index in [0.717, 1.165) is 16.0 Å². The molecule has 1 aliphatic heterocycles. The van der Waals surface area contributed by atoms with Crippen molar-refractivity contribution < 1.29 is 18.7 Å². The van der Waals surface area contributed by atoms with Crippen LogP contribution in [0.25, 0.3) is 11.1 Å². The number of rotatable bonds is 7. The van der Waals surface area contributed by atoms with E-state index >= 15 is 0 Å². The zero-order valence-corrected chi connectivity index (χ0v) is 18.7. The number of hydrogen-bond acceptors (Lipinski definition) is 5. The Morgan fingerprint density at radius 2 is 1.94 bits per heavy atom. The standard InChI is InChI=1S/C25H23FN2O3S/c1-15-9-18-11-19(13-28-24(30)14-32-20-5-7-27-8-6-20)31-25(18)22(10-15)21-12-17(16(2)29)3-4-23(21)26/h3-10,12,19H,11,13-14H2,1-2H3,(H,28,30)/t19-/m1/s1. The van der Waals surface area contributed by atoms with E-state index in [9.17, 15) is 14.0 Å². The SMILES string of the molecule is CC(=O)c1ccc(F)c(-c2cc(C)cc3c2O[C@@H](CNC(=O)CSc2ccncc2)C3)c1. The van der Waals surface area contributed by atoms with E-state index in [1.165, 1.54) is 30.8 Å². The van der Waals surface area contributed by atoms with Crippen LogP contribution in [0.1, 0.15) is 28.4 Å². The lowest BCUT2D eigenvalue weighted by atomic mass is 9.95. The Bertz CT molecular complexity index is 1170. The molecular formula is C25H23FN2O3S. The van der Waals surface area contributed by atoms with E-state index < -0.39 is 5.82 Å². The highest BCUT2D eigenvalue weighted by Crippen LogP contribution is 2.41. The van der Waals surface area contributed by atoms with Crippen LogP contribution in [0.3, 0.4) is 0 Å². The van der Waals surface area contributed by atoms with Gasteiger partial charge in [0.1, 0.15) is 17.7 Å². The smallest absolute Gasteiger partial charge is 0.230 e. The Labute approximate surface area is 190 Å². The molecule has 0 radical (unpaired) electrons. The van der Waals surface area contributed by atoms with E-state index in [4.69, 9.17) is 4.74 Å². The number of carbonyl (C=O) groups is 2. The number of benzene rings is 2. The Kier molecular flexibility index (Phi) is 6.55. The van der Waals surface area contributed by atoms with Crippen molar-refractivity contribution in [3.05, 3.63) is 77.4 Å². The van der Waals surface area contributed by atoms with Crippen LogP contribution in [-0.2, 0) is 11.2 Å². The van der Waals surface area contributed by atoms with E-state index in [1.807, 2.05) is 31.2 Å². The molecule has 0 saturated heterocycles. The summed E-state index contributed by atoms with van der Waals surface area (Å²) in [7, 11) is 0. The Morgan fingerprint density at radius 3 is 2.69 bits per heavy atom. The van der Waals surface area contributed by atoms with Crippen molar-refractivity contribution in [3.8, 4) is 16.9 Å². The summed E-state index contributed by atoms with van der Waals surface area (Å²) in [6, 6.07) is 12.0. The number of aromatic nitrogens is 1. The van der Waals surface area contributed by atoms with Crippen LogP contribution in [0.2, 0.25) is 0 Å². The first kappa shape index (κ1) is 22.0. The number of amides is 1. The molecule has 0 aliphatic carbocycles. The zero-order chi connectivity index (χ0) is 22.7. The van der Waals surface area contributed by atoms with Crippen molar-refractivity contribution in [2.24, 2.45) is 0 Å². The number of Topliss-reactive ketones (excluding diaryl/α,β-unsaturated/α-hetero) is 1. The lowest BCUT2D eigenvalue weighted by molar-refractivity contribution is -0.118. The number of hydrogen-bond donors (Lipinski definition) is 1. The van der Waals surface area contributed by atoms with Crippen LogP contribution in [-0.4, -0.2) is 35.1 Å². The molecule has 0 saturated carbocycles. The number of ketones is 1. The second-order valence-corrected chi connectivity index (χ2v) is 8.82. The van der Waals surface area contributed by atoms with Crippen molar-refractivity contribution in [1.82, 2.24) is 10.3 Å². The molecule has 2 aromatic carbocycles. The first-order chi connectivity index (χ1) is 15.4. The van der Waals surface area contributed by atoms with Crippen molar-refractivity contribution in [3.63, 3.8) is 0 Å². The Morgan fingerprint density at radius 1 is 1.16 bits per heavy atom. The van der Waals surface area contributed by atoms with Gasteiger partial charge in [-0.15, -0.1) is 11.8 Å². The molecule has 0 spiro atoms. The summed E-state index contributed by atoms with van der Waals surface area (Å²) in [5.41, 5.74) is 3.37. The summed E-state index contributed by atoms with van der Waals surface area (Å²) in [5.74, 6) is 0.304. The predicted octanol–water partition coefficient (Wildman–Crippen LogP) is 4.61. The Hall–Kier alpha value is -3.19. The summed E-state index contributed by atoms with van der Waals surface area (Å²) in [4.78, 5) is 29.0. The molecule has 1 amide bonds. The number of aryl methyl sites for hydroxylation is 1. The molecule has 1 aliphatic rings. The molecule has 7 heteroatoms. The van der Waals surface area contributed by atoms with E-state index in [0.29, 0.717) is 41.2 Å². The molecular weight excluding hydrogens is 427 g/mol. The van der Waals surface area contributed by atoms with Crippen molar-refractivity contribution in [2.75, 3.05) is 12.3 Å². The zero-order valence-electron chi connectivity index (χ0n) is 17.9. The maximum Gasteiger partial charge on any atom is 0.230 e. The van der Waals surface area contributed by atoms with Crippen LogP contribution in [0.4, 0.5) is 4.39 Å². The van der Waals surface area contributed by atoms with Gasteiger partial charge in [-0.25, -0.2) is 4.39 Å². The summed E-state index contributed by atoms with van der Waals surface area (Å²) in [5, 5.41) is 2.92. The number of thioether (sulfide) groups is 1. The second-order valence-electron chi connectivity index (χ2n) is 7.77. The number of pyridine rings is 1. The number of nitrogens with one attached hydrogen (secondary N) is 1. The van der Waals surface area contributed by atoms with Crippen molar-refractivity contribution >= 4 is 23.5 Å². The molecule has 0 fully saturated rings. The molecule has 0 unspecified atom stereocenters. The van der Waals surface area contributed by atoms with Crippen LogP contribution in [0.15, 0.2) is 59.8 Å². The third-order valence-electron chi connectivity index (χ3n) is 5.25. The summed E-state index contributed by atoms with van der Waals surface area (Å²) < 4.78 is 20.8. The van der Waals surface area contributed by atoms with E-state index in [-0.39, 0.29) is 17.8 Å². The normalized spacial score (nSPS) is 14.5. The van der Waals surface area contributed by atoms with Crippen LogP contribution in [0.5, 0.6) is 5.75 Å². The molecule has 3 aromatic rings. The maximum absolute atomic E-state index is 14.7. The fraction of sp³-hybridized carbons (Fsp3) is 0.240. The minimum atomic E-state index is -0.406. The number of nitrogens with zero attached hydrogens (tertiary/aromatic N) is 1. The highest BCUT2D eigenvalue weighted by atomic mass is 32.2. The number of halogens is 1. The minimum Gasteiger partial charge on any atom is -0.487 e. The van der Waals surface area contributed by atoms with Crippen LogP contribution < -0.4 is 10.1 Å². The average molecular weight is 451 g/mol. The molecule has 1 aromatic heterocycles. The third kappa shape index (κ3) is 4.99. The number of carbonyl (C=O) groups excluding carboxylic acids is 2. The minimum absolute atomic E-state index is 0.0806. The lowest BCUT2D eigenvalue weighted by Gasteiger charge is -2.15. The lowest BCUT2D eigenvalue weighted by Crippen LogP contribution is -2.35. The topological polar surface area (TPSA) is 68.3 Å². The molecule has 0 bridgehead atoms. The molecule has 164 valence electrons. The molecule has 1 atom stereocenters. The van der Waals surface area contributed by atoms with Gasteiger partial charge in [-0.1, -0.05) is 6.07 Å². The van der Waals surface area contributed by atoms with Gasteiger partial charge in [-0.05, 0) is 61.4 Å². The number of fused-ring (bicyclic) bond motifs is 1. The van der Waals surface area contributed by atoms with Gasteiger partial charge in [0.05, 0.1) is 12.3 Å². The number of ether oxygens (including phenoxy) is 1. The highest BCUT2D eigenvalue weighted by Gasteiger charge is 2.28. The first-order valence-corrected chi connectivity index (χ1v) is 11.3. The fourth-order valence-electron chi connectivity index (χ4n) is 3.72. The third-order valence-corrected chi connectivity index (χ3v) is 6.26. The molecule has 4 rings (SSSR count). The Balaban J connectivity index is 1.45. The summed E-state index contributed by atoms with van der Waals surface area (Å²) in [6.45, 7) is 3.76. The average Bonchev–Trinajstić information content (AvgIpc) is 3.19. The van der Waals surface area contributed by atoms with Gasteiger partial charge >= 0.3 is 0 Å². The molecule has 1 N–H and O–H groups in total. The highest BCUT2D eigenvalue weighted by molar-refractivity contribution is 8.00.